The molecule has 50 valence electrons. The van der Waals surface area contributed by atoms with E-state index in [9.17, 15) is 0 Å². The Kier molecular flexibility index (Phi) is 9.18. The molecule has 0 aliphatic rings. The monoisotopic (exact) mass is 248 g/mol. The molecule has 0 amide bonds. The fourth-order valence-electron chi connectivity index (χ4n) is 0.416. The van der Waals surface area contributed by atoms with Crippen molar-refractivity contribution >= 4 is 46.3 Å². The van der Waals surface area contributed by atoms with Crippen LogP contribution in [0.4, 0.5) is 0 Å². The van der Waals surface area contributed by atoms with Gasteiger partial charge in [0.15, 0.2) is 0 Å². The number of halogens is 3. The zero-order valence-electron chi connectivity index (χ0n) is 5.07. The average Bonchev–Trinajstić information content (AvgIpc) is 1.64. The van der Waals surface area contributed by atoms with Gasteiger partial charge < -0.3 is 17.0 Å². The third-order valence-corrected chi connectivity index (χ3v) is 1.15. The fraction of sp³-hybridized carbons (Fsp3) is 0. The van der Waals surface area contributed by atoms with Crippen molar-refractivity contribution in [3.8, 4) is 0 Å². The number of rotatable bonds is 0. The molecular weight excluding hydrogens is 247 g/mol. The molecule has 0 aromatic heterocycles. The molecule has 0 aliphatic carbocycles. The minimum atomic E-state index is 0. The molecular formula is C6H3BrCl2Mg. The van der Waals surface area contributed by atoms with Crippen LogP contribution >= 0.6 is 23.2 Å². The second kappa shape index (κ2) is 6.74. The Morgan fingerprint density at radius 2 is 1.50 bits per heavy atom. The zero-order chi connectivity index (χ0) is 5.98. The molecule has 0 spiro atoms. The van der Waals surface area contributed by atoms with Gasteiger partial charge in [-0.25, -0.2) is 0 Å². The summed E-state index contributed by atoms with van der Waals surface area (Å²) in [4.78, 5) is 0. The first kappa shape index (κ1) is 13.6. The van der Waals surface area contributed by atoms with Gasteiger partial charge in [0.25, 0.3) is 0 Å². The Bertz CT molecular complexity index is 176. The predicted octanol–water partition coefficient (Wildman–Crippen LogP) is -0.583. The SMILES string of the molecule is Clc1c[c-]cc(Cl)c1.[Br-].[Mg+2]. The van der Waals surface area contributed by atoms with Crippen LogP contribution in [0.1, 0.15) is 0 Å². The van der Waals surface area contributed by atoms with Crippen LogP contribution in [0.25, 0.3) is 0 Å². The van der Waals surface area contributed by atoms with E-state index in [1.807, 2.05) is 0 Å². The summed E-state index contributed by atoms with van der Waals surface area (Å²) in [5.74, 6) is 0. The fourth-order valence-corrected chi connectivity index (χ4v) is 0.833. The summed E-state index contributed by atoms with van der Waals surface area (Å²) < 4.78 is 0. The minimum Gasteiger partial charge on any atom is -1.00 e. The molecule has 0 radical (unpaired) electrons. The van der Waals surface area contributed by atoms with E-state index in [-0.39, 0.29) is 40.0 Å². The van der Waals surface area contributed by atoms with E-state index in [1.54, 1.807) is 18.2 Å². The number of hydrogen-bond acceptors (Lipinski definition) is 0. The van der Waals surface area contributed by atoms with E-state index >= 15 is 0 Å². The van der Waals surface area contributed by atoms with Gasteiger partial charge in [0.1, 0.15) is 0 Å². The van der Waals surface area contributed by atoms with Crippen LogP contribution in [0.15, 0.2) is 18.2 Å². The molecule has 0 N–H and O–H groups in total. The van der Waals surface area contributed by atoms with Crippen LogP contribution in [0.2, 0.25) is 10.0 Å². The first-order valence-corrected chi connectivity index (χ1v) is 2.87. The van der Waals surface area contributed by atoms with Gasteiger partial charge in [0.2, 0.25) is 0 Å². The van der Waals surface area contributed by atoms with E-state index in [0.717, 1.165) is 0 Å². The molecule has 0 bridgehead atoms. The second-order valence-corrected chi connectivity index (χ2v) is 2.24. The summed E-state index contributed by atoms with van der Waals surface area (Å²) in [5, 5.41) is 1.25. The number of benzene rings is 1. The third-order valence-electron chi connectivity index (χ3n) is 0.718. The van der Waals surface area contributed by atoms with Gasteiger partial charge in [-0.05, 0) is 0 Å². The van der Waals surface area contributed by atoms with E-state index in [1.165, 1.54) is 0 Å². The molecule has 1 aromatic rings. The van der Waals surface area contributed by atoms with Crippen LogP contribution in [0, 0.1) is 6.07 Å². The smallest absolute Gasteiger partial charge is 1.00 e. The van der Waals surface area contributed by atoms with E-state index < -0.39 is 0 Å². The van der Waals surface area contributed by atoms with Gasteiger partial charge in [-0.15, -0.1) is 6.07 Å². The maximum Gasteiger partial charge on any atom is 2.00 e. The van der Waals surface area contributed by atoms with Gasteiger partial charge >= 0.3 is 23.1 Å². The molecule has 1 aromatic carbocycles. The second-order valence-electron chi connectivity index (χ2n) is 1.37. The first-order chi connectivity index (χ1) is 3.79. The van der Waals surface area contributed by atoms with Gasteiger partial charge in [-0.3, -0.25) is 0 Å². The van der Waals surface area contributed by atoms with Crippen molar-refractivity contribution in [2.45, 2.75) is 0 Å². The van der Waals surface area contributed by atoms with Crippen LogP contribution in [0.3, 0.4) is 0 Å². The number of hydrogen-bond donors (Lipinski definition) is 0. The molecule has 1 rings (SSSR count). The molecule has 0 unspecified atom stereocenters. The van der Waals surface area contributed by atoms with E-state index in [2.05, 4.69) is 6.07 Å². The molecule has 10 heavy (non-hydrogen) atoms. The Morgan fingerprint density at radius 3 is 1.70 bits per heavy atom. The summed E-state index contributed by atoms with van der Waals surface area (Å²) in [5.41, 5.74) is 0. The normalized spacial score (nSPS) is 7.40. The Morgan fingerprint density at radius 1 is 1.10 bits per heavy atom. The molecule has 0 saturated carbocycles. The molecule has 0 aliphatic heterocycles. The molecule has 0 atom stereocenters. The first-order valence-electron chi connectivity index (χ1n) is 2.11. The molecule has 0 fully saturated rings. The summed E-state index contributed by atoms with van der Waals surface area (Å²) in [6, 6.07) is 7.75. The van der Waals surface area contributed by atoms with Crippen LogP contribution in [0.5, 0.6) is 0 Å². The molecule has 0 saturated heterocycles. The minimum absolute atomic E-state index is 0. The van der Waals surface area contributed by atoms with Gasteiger partial charge in [0.05, 0.1) is 0 Å². The largest absolute Gasteiger partial charge is 2.00 e. The third kappa shape index (κ3) is 4.80. The average molecular weight is 250 g/mol. The summed E-state index contributed by atoms with van der Waals surface area (Å²) in [6.45, 7) is 0. The summed E-state index contributed by atoms with van der Waals surface area (Å²) >= 11 is 11.1. The van der Waals surface area contributed by atoms with Crippen molar-refractivity contribution in [2.24, 2.45) is 0 Å². The molecule has 4 heteroatoms. The Labute approximate surface area is 96.8 Å². The van der Waals surface area contributed by atoms with Gasteiger partial charge in [-0.2, -0.15) is 41.4 Å². The molecule has 0 heterocycles. The van der Waals surface area contributed by atoms with Crippen LogP contribution in [-0.4, -0.2) is 23.1 Å². The quantitative estimate of drug-likeness (QED) is 0.427. The van der Waals surface area contributed by atoms with Gasteiger partial charge in [0, 0.05) is 0 Å². The van der Waals surface area contributed by atoms with Crippen molar-refractivity contribution in [3.05, 3.63) is 34.3 Å². The predicted molar refractivity (Wildman–Crippen MR) is 41.1 cm³/mol. The topological polar surface area (TPSA) is 0 Å². The van der Waals surface area contributed by atoms with E-state index in [4.69, 9.17) is 23.2 Å². The van der Waals surface area contributed by atoms with Crippen molar-refractivity contribution in [3.63, 3.8) is 0 Å². The van der Waals surface area contributed by atoms with Crippen molar-refractivity contribution in [1.82, 2.24) is 0 Å². The standard InChI is InChI=1S/C6H3Cl2.BrH.Mg/c7-5-2-1-3-6(8)4-5;;/h2-4H;1H;/q-1;;+2/p-1. The van der Waals surface area contributed by atoms with E-state index in [0.29, 0.717) is 10.0 Å². The van der Waals surface area contributed by atoms with Crippen LogP contribution in [-0.2, 0) is 0 Å². The zero-order valence-corrected chi connectivity index (χ0v) is 9.59. The van der Waals surface area contributed by atoms with Crippen LogP contribution < -0.4 is 17.0 Å². The Balaban J connectivity index is 0. The Hall–Kier alpha value is 1.05. The van der Waals surface area contributed by atoms with Crippen molar-refractivity contribution in [1.29, 1.82) is 0 Å². The van der Waals surface area contributed by atoms with Crippen molar-refractivity contribution < 1.29 is 17.0 Å². The maximum atomic E-state index is 5.53. The van der Waals surface area contributed by atoms with Gasteiger partial charge in [-0.1, -0.05) is 10.0 Å². The summed E-state index contributed by atoms with van der Waals surface area (Å²) in [6.07, 6.45) is 0. The summed E-state index contributed by atoms with van der Waals surface area (Å²) in [7, 11) is 0. The van der Waals surface area contributed by atoms with Crippen molar-refractivity contribution in [2.75, 3.05) is 0 Å². The molecule has 0 nitrogen and oxygen atoms in total. The maximum absolute atomic E-state index is 5.53.